The molecule has 0 bridgehead atoms. The van der Waals surface area contributed by atoms with Gasteiger partial charge in [-0.05, 0) is 16.7 Å². The molecule has 1 atom stereocenters. The first-order chi connectivity index (χ1) is 14.6. The van der Waals surface area contributed by atoms with Crippen LogP contribution in [0, 0.1) is 0 Å². The van der Waals surface area contributed by atoms with Gasteiger partial charge in [0.1, 0.15) is 6.17 Å². The Hall–Kier alpha value is -3.60. The summed E-state index contributed by atoms with van der Waals surface area (Å²) in [5, 5.41) is 23.8. The number of carbonyl (C=O) groups excluding carboxylic acids is 2. The zero-order chi connectivity index (χ0) is 23.4. The van der Waals surface area contributed by atoms with Crippen molar-refractivity contribution in [3.63, 3.8) is 0 Å². The van der Waals surface area contributed by atoms with Crippen LogP contribution in [0.4, 0.5) is 18.0 Å². The number of benzene rings is 2. The van der Waals surface area contributed by atoms with Crippen molar-refractivity contribution < 1.29 is 37.8 Å². The molecule has 8 nitrogen and oxygen atoms in total. The van der Waals surface area contributed by atoms with Gasteiger partial charge in [-0.25, -0.2) is 9.59 Å². The van der Waals surface area contributed by atoms with Gasteiger partial charge in [0.05, 0.1) is 6.61 Å². The number of carbonyl (C=O) groups is 3. The van der Waals surface area contributed by atoms with Crippen LogP contribution < -0.4 is 16.0 Å². The fraction of sp³-hybridized carbons (Fsp3) is 0.250. The summed E-state index contributed by atoms with van der Waals surface area (Å²) in [6.07, 6.45) is -5.78. The van der Waals surface area contributed by atoms with Crippen molar-refractivity contribution in [3.05, 3.63) is 60.2 Å². The molecule has 2 rings (SSSR count). The lowest BCUT2D eigenvalue weighted by atomic mass is 10.0. The van der Waals surface area contributed by atoms with Crippen molar-refractivity contribution in [3.8, 4) is 11.1 Å². The maximum absolute atomic E-state index is 11.7. The van der Waals surface area contributed by atoms with Gasteiger partial charge >= 0.3 is 18.2 Å². The van der Waals surface area contributed by atoms with E-state index in [0.29, 0.717) is 0 Å². The van der Waals surface area contributed by atoms with Crippen molar-refractivity contribution in [1.29, 1.82) is 0 Å². The van der Waals surface area contributed by atoms with E-state index in [-0.39, 0.29) is 18.9 Å². The first-order valence-electron chi connectivity index (χ1n) is 8.92. The summed E-state index contributed by atoms with van der Waals surface area (Å²) in [4.78, 5) is 32.2. The number of carboxylic acids is 1. The Kier molecular flexibility index (Phi) is 9.99. The van der Waals surface area contributed by atoms with Crippen LogP contribution in [-0.2, 0) is 9.59 Å². The molecule has 0 spiro atoms. The van der Waals surface area contributed by atoms with E-state index in [4.69, 9.17) is 15.0 Å². The van der Waals surface area contributed by atoms with Crippen molar-refractivity contribution in [2.24, 2.45) is 0 Å². The Morgan fingerprint density at radius 3 is 1.90 bits per heavy atom. The summed E-state index contributed by atoms with van der Waals surface area (Å²) in [6, 6.07) is 17.1. The van der Waals surface area contributed by atoms with Gasteiger partial charge in [-0.15, -0.1) is 0 Å². The minimum atomic E-state index is -5.08. The van der Waals surface area contributed by atoms with Gasteiger partial charge in [-0.3, -0.25) is 4.79 Å². The maximum atomic E-state index is 11.7. The number of alkyl halides is 3. The fourth-order valence-electron chi connectivity index (χ4n) is 2.24. The first-order valence-corrected chi connectivity index (χ1v) is 8.92. The smallest absolute Gasteiger partial charge is 0.475 e. The Balaban J connectivity index is 0.000000592. The summed E-state index contributed by atoms with van der Waals surface area (Å²) < 4.78 is 31.7. The standard InChI is InChI=1S/C18H21N3O3.C2HF3O2/c1-19-18(24)21-17(20-16(23)11-12-22)15-9-7-14(8-10-15)13-5-3-2-4-6-13;3-2(4,5)1(6)7/h2-10,17,22H,11-12H2,1H3,(H,20,23)(H2,19,21,24);(H,6,7). The maximum Gasteiger partial charge on any atom is 0.490 e. The highest BCUT2D eigenvalue weighted by Crippen LogP contribution is 2.21. The van der Waals surface area contributed by atoms with Gasteiger partial charge in [0.15, 0.2) is 0 Å². The molecule has 2 aromatic rings. The Bertz CT molecular complexity index is 859. The van der Waals surface area contributed by atoms with Crippen LogP contribution in [0.25, 0.3) is 11.1 Å². The van der Waals surface area contributed by atoms with Crippen LogP contribution >= 0.6 is 0 Å². The lowest BCUT2D eigenvalue weighted by Gasteiger charge is -2.20. The van der Waals surface area contributed by atoms with Crippen molar-refractivity contribution in [2.75, 3.05) is 13.7 Å². The fourth-order valence-corrected chi connectivity index (χ4v) is 2.24. The zero-order valence-electron chi connectivity index (χ0n) is 16.4. The van der Waals surface area contributed by atoms with Crippen LogP contribution in [0.2, 0.25) is 0 Å². The molecule has 3 amide bonds. The molecule has 31 heavy (non-hydrogen) atoms. The third kappa shape index (κ3) is 9.17. The topological polar surface area (TPSA) is 128 Å². The van der Waals surface area contributed by atoms with E-state index in [1.54, 1.807) is 0 Å². The summed E-state index contributed by atoms with van der Waals surface area (Å²) in [6.45, 7) is -0.245. The van der Waals surface area contributed by atoms with E-state index in [0.717, 1.165) is 16.7 Å². The van der Waals surface area contributed by atoms with E-state index < -0.39 is 24.3 Å². The molecule has 5 N–H and O–H groups in total. The minimum absolute atomic E-state index is 0.0198. The summed E-state index contributed by atoms with van der Waals surface area (Å²) in [5.74, 6) is -3.10. The highest BCUT2D eigenvalue weighted by Gasteiger charge is 2.38. The number of amides is 3. The van der Waals surface area contributed by atoms with Crippen molar-refractivity contribution in [2.45, 2.75) is 18.8 Å². The lowest BCUT2D eigenvalue weighted by Crippen LogP contribution is -2.44. The molecule has 0 aromatic heterocycles. The second kappa shape index (κ2) is 12.2. The number of halogens is 3. The third-order valence-corrected chi connectivity index (χ3v) is 3.74. The number of carboxylic acid groups (broad SMARTS) is 1. The molecule has 0 aliphatic rings. The Morgan fingerprint density at radius 2 is 1.45 bits per heavy atom. The van der Waals surface area contributed by atoms with E-state index >= 15 is 0 Å². The lowest BCUT2D eigenvalue weighted by molar-refractivity contribution is -0.192. The predicted octanol–water partition coefficient (Wildman–Crippen LogP) is 2.41. The molecule has 0 saturated heterocycles. The quantitative estimate of drug-likeness (QED) is 0.440. The molecule has 1 unspecified atom stereocenters. The predicted molar refractivity (Wildman–Crippen MR) is 106 cm³/mol. The van der Waals surface area contributed by atoms with Gasteiger partial charge < -0.3 is 26.2 Å². The van der Waals surface area contributed by atoms with Crippen LogP contribution in [0.3, 0.4) is 0 Å². The summed E-state index contributed by atoms with van der Waals surface area (Å²) in [7, 11) is 1.50. The number of urea groups is 1. The molecule has 2 aromatic carbocycles. The third-order valence-electron chi connectivity index (χ3n) is 3.74. The second-order valence-corrected chi connectivity index (χ2v) is 5.99. The number of aliphatic hydroxyl groups is 1. The normalized spacial score (nSPS) is 11.4. The van der Waals surface area contributed by atoms with Crippen LogP contribution in [0.1, 0.15) is 18.2 Å². The van der Waals surface area contributed by atoms with E-state index in [2.05, 4.69) is 16.0 Å². The number of aliphatic carboxylic acids is 1. The number of hydrogen-bond donors (Lipinski definition) is 5. The second-order valence-electron chi connectivity index (χ2n) is 5.99. The highest BCUT2D eigenvalue weighted by molar-refractivity contribution is 5.78. The van der Waals surface area contributed by atoms with Crippen LogP contribution in [0.15, 0.2) is 54.6 Å². The molecule has 0 aliphatic heterocycles. The zero-order valence-corrected chi connectivity index (χ0v) is 16.4. The van der Waals surface area contributed by atoms with Crippen molar-refractivity contribution >= 4 is 17.9 Å². The summed E-state index contributed by atoms with van der Waals surface area (Å²) in [5.41, 5.74) is 2.87. The van der Waals surface area contributed by atoms with Gasteiger partial charge in [-0.2, -0.15) is 13.2 Å². The molecule has 0 fully saturated rings. The molecule has 168 valence electrons. The number of nitrogens with one attached hydrogen (secondary N) is 3. The molecule has 11 heteroatoms. The molecule has 0 saturated carbocycles. The SMILES string of the molecule is CNC(=O)NC(NC(=O)CCO)c1ccc(-c2ccccc2)cc1.O=C(O)C(F)(F)F. The van der Waals surface area contributed by atoms with Gasteiger partial charge in [0.2, 0.25) is 5.91 Å². The number of rotatable bonds is 6. The first kappa shape index (κ1) is 25.4. The molecular formula is C20H22F3N3O5. The van der Waals surface area contributed by atoms with Gasteiger partial charge in [0, 0.05) is 13.5 Å². The Labute approximate surface area is 176 Å². The molecule has 0 radical (unpaired) electrons. The van der Waals surface area contributed by atoms with Crippen LogP contribution in [0.5, 0.6) is 0 Å². The number of aliphatic hydroxyl groups excluding tert-OH is 1. The van der Waals surface area contributed by atoms with Gasteiger partial charge in [0.25, 0.3) is 0 Å². The largest absolute Gasteiger partial charge is 0.490 e. The van der Waals surface area contributed by atoms with Crippen molar-refractivity contribution in [1.82, 2.24) is 16.0 Å². The molecule has 0 heterocycles. The Morgan fingerprint density at radius 1 is 0.935 bits per heavy atom. The minimum Gasteiger partial charge on any atom is -0.475 e. The van der Waals surface area contributed by atoms with E-state index in [9.17, 15) is 22.8 Å². The van der Waals surface area contributed by atoms with E-state index in [1.165, 1.54) is 7.05 Å². The highest BCUT2D eigenvalue weighted by atomic mass is 19.4. The van der Waals surface area contributed by atoms with Crippen LogP contribution in [-0.4, -0.2) is 48.0 Å². The average molecular weight is 441 g/mol. The number of hydrogen-bond acceptors (Lipinski definition) is 4. The molecular weight excluding hydrogens is 419 g/mol. The average Bonchev–Trinajstić information content (AvgIpc) is 2.74. The summed E-state index contributed by atoms with van der Waals surface area (Å²) >= 11 is 0. The van der Waals surface area contributed by atoms with E-state index in [1.807, 2.05) is 54.6 Å². The molecule has 0 aliphatic carbocycles. The van der Waals surface area contributed by atoms with Gasteiger partial charge in [-0.1, -0.05) is 54.6 Å². The monoisotopic (exact) mass is 441 g/mol.